The van der Waals surface area contributed by atoms with Gasteiger partial charge in [-0.1, -0.05) is 0 Å². The molecule has 2 amide bonds. The van der Waals surface area contributed by atoms with Crippen LogP contribution >= 0.6 is 0 Å². The smallest absolute Gasteiger partial charge is 0.292 e. The summed E-state index contributed by atoms with van der Waals surface area (Å²) in [5, 5.41) is 16.0. The first-order valence-corrected chi connectivity index (χ1v) is 6.06. The van der Waals surface area contributed by atoms with Gasteiger partial charge in [-0.05, 0) is 12.1 Å². The summed E-state index contributed by atoms with van der Waals surface area (Å²) in [5.41, 5.74) is 5.30. The molecule has 0 aliphatic carbocycles. The second-order valence-electron chi connectivity index (χ2n) is 4.01. The van der Waals surface area contributed by atoms with E-state index in [1.54, 1.807) is 0 Å². The van der Waals surface area contributed by atoms with Gasteiger partial charge in [0.2, 0.25) is 5.91 Å². The van der Waals surface area contributed by atoms with Crippen LogP contribution < -0.4 is 16.4 Å². The molecule has 0 atom stereocenters. The molecular formula is C12H16N4O5. The van der Waals surface area contributed by atoms with Crippen LogP contribution in [0.15, 0.2) is 18.2 Å². The number of benzene rings is 1. The number of primary amides is 1. The standard InChI is InChI=1S/C12H16N4O5/c1-14-9-6-8(2-3-10(9)16(19)20)12(18)15-4-5-21-7-11(13)17/h2-3,6,14H,4-5,7H2,1H3,(H2,13,17)(H,15,18). The Hall–Kier alpha value is -2.68. The molecule has 21 heavy (non-hydrogen) atoms. The van der Waals surface area contributed by atoms with Crippen LogP contribution in [-0.2, 0) is 9.53 Å². The molecule has 0 aliphatic heterocycles. The Balaban J connectivity index is 2.58. The molecule has 0 heterocycles. The topological polar surface area (TPSA) is 137 Å². The van der Waals surface area contributed by atoms with Crippen molar-refractivity contribution in [1.29, 1.82) is 0 Å². The summed E-state index contributed by atoms with van der Waals surface area (Å²) in [5.74, 6) is -0.987. The van der Waals surface area contributed by atoms with Crippen LogP contribution in [0.3, 0.4) is 0 Å². The average Bonchev–Trinajstić information content (AvgIpc) is 2.45. The van der Waals surface area contributed by atoms with E-state index in [1.165, 1.54) is 25.2 Å². The van der Waals surface area contributed by atoms with Crippen LogP contribution in [0.1, 0.15) is 10.4 Å². The number of rotatable bonds is 8. The quantitative estimate of drug-likeness (QED) is 0.347. The van der Waals surface area contributed by atoms with E-state index in [2.05, 4.69) is 10.6 Å². The van der Waals surface area contributed by atoms with Crippen molar-refractivity contribution in [3.05, 3.63) is 33.9 Å². The van der Waals surface area contributed by atoms with Crippen LogP contribution in [-0.4, -0.2) is 43.5 Å². The molecule has 9 heteroatoms. The Labute approximate surface area is 120 Å². The SMILES string of the molecule is CNc1cc(C(=O)NCCOCC(N)=O)ccc1[N+](=O)[O-]. The van der Waals surface area contributed by atoms with Gasteiger partial charge in [0.1, 0.15) is 12.3 Å². The molecule has 0 radical (unpaired) electrons. The molecule has 0 saturated carbocycles. The maximum absolute atomic E-state index is 11.8. The monoisotopic (exact) mass is 296 g/mol. The van der Waals surface area contributed by atoms with Crippen LogP contribution in [0.4, 0.5) is 11.4 Å². The fourth-order valence-corrected chi connectivity index (χ4v) is 1.55. The normalized spacial score (nSPS) is 9.95. The van der Waals surface area contributed by atoms with E-state index in [1.807, 2.05) is 0 Å². The summed E-state index contributed by atoms with van der Waals surface area (Å²) >= 11 is 0. The van der Waals surface area contributed by atoms with E-state index >= 15 is 0 Å². The van der Waals surface area contributed by atoms with Gasteiger partial charge >= 0.3 is 0 Å². The Kier molecular flexibility index (Phi) is 6.08. The van der Waals surface area contributed by atoms with Gasteiger partial charge in [-0.25, -0.2) is 0 Å². The summed E-state index contributed by atoms with van der Waals surface area (Å²) in [4.78, 5) is 32.5. The lowest BCUT2D eigenvalue weighted by Gasteiger charge is -2.07. The second-order valence-corrected chi connectivity index (χ2v) is 4.01. The van der Waals surface area contributed by atoms with Gasteiger partial charge in [0.05, 0.1) is 11.5 Å². The first-order valence-electron chi connectivity index (χ1n) is 6.06. The van der Waals surface area contributed by atoms with Crippen molar-refractivity contribution in [2.75, 3.05) is 32.1 Å². The molecule has 0 saturated heterocycles. The number of hydrogen-bond acceptors (Lipinski definition) is 6. The van der Waals surface area contributed by atoms with E-state index in [0.717, 1.165) is 0 Å². The number of nitrogens with one attached hydrogen (secondary N) is 2. The molecule has 4 N–H and O–H groups in total. The Morgan fingerprint density at radius 1 is 1.43 bits per heavy atom. The van der Waals surface area contributed by atoms with Crippen LogP contribution in [0.25, 0.3) is 0 Å². The van der Waals surface area contributed by atoms with E-state index < -0.39 is 16.7 Å². The summed E-state index contributed by atoms with van der Waals surface area (Å²) < 4.78 is 4.89. The molecular weight excluding hydrogens is 280 g/mol. The third kappa shape index (κ3) is 5.07. The Bertz CT molecular complexity index is 546. The molecule has 0 spiro atoms. The average molecular weight is 296 g/mol. The first kappa shape index (κ1) is 16.4. The number of nitrogens with zero attached hydrogens (tertiary/aromatic N) is 1. The van der Waals surface area contributed by atoms with Crippen LogP contribution in [0.2, 0.25) is 0 Å². The maximum Gasteiger partial charge on any atom is 0.292 e. The molecule has 0 fully saturated rings. The minimum absolute atomic E-state index is 0.112. The van der Waals surface area contributed by atoms with Gasteiger partial charge in [-0.3, -0.25) is 19.7 Å². The number of amides is 2. The highest BCUT2D eigenvalue weighted by atomic mass is 16.6. The van der Waals surface area contributed by atoms with Crippen molar-refractivity contribution in [2.24, 2.45) is 5.73 Å². The summed E-state index contributed by atoms with van der Waals surface area (Å²) in [6.45, 7) is 0.121. The lowest BCUT2D eigenvalue weighted by molar-refractivity contribution is -0.383. The number of ether oxygens (including phenoxy) is 1. The van der Waals surface area contributed by atoms with Crippen molar-refractivity contribution in [3.63, 3.8) is 0 Å². The molecule has 0 aromatic heterocycles. The molecule has 0 aliphatic rings. The van der Waals surface area contributed by atoms with Gasteiger partial charge < -0.3 is 21.1 Å². The lowest BCUT2D eigenvalue weighted by atomic mass is 10.1. The van der Waals surface area contributed by atoms with Gasteiger partial charge in [0.15, 0.2) is 0 Å². The number of anilines is 1. The van der Waals surface area contributed by atoms with Gasteiger partial charge in [0.25, 0.3) is 11.6 Å². The molecule has 1 rings (SSSR count). The first-order chi connectivity index (χ1) is 9.95. The highest BCUT2D eigenvalue weighted by Crippen LogP contribution is 2.24. The number of nitrogens with two attached hydrogens (primary N) is 1. The van der Waals surface area contributed by atoms with Crippen LogP contribution in [0.5, 0.6) is 0 Å². The van der Waals surface area contributed by atoms with Crippen LogP contribution in [0, 0.1) is 10.1 Å². The highest BCUT2D eigenvalue weighted by molar-refractivity contribution is 5.95. The zero-order chi connectivity index (χ0) is 15.8. The van der Waals surface area contributed by atoms with E-state index in [9.17, 15) is 19.7 Å². The van der Waals surface area contributed by atoms with Crippen molar-refractivity contribution in [2.45, 2.75) is 0 Å². The minimum atomic E-state index is -0.588. The number of hydrogen-bond donors (Lipinski definition) is 3. The van der Waals surface area contributed by atoms with Crippen molar-refractivity contribution < 1.29 is 19.2 Å². The van der Waals surface area contributed by atoms with E-state index in [0.29, 0.717) is 0 Å². The number of nitro groups is 1. The molecule has 1 aromatic rings. The lowest BCUT2D eigenvalue weighted by Crippen LogP contribution is -2.28. The fraction of sp³-hybridized carbons (Fsp3) is 0.333. The number of carbonyl (C=O) groups excluding carboxylic acids is 2. The predicted molar refractivity (Wildman–Crippen MR) is 75.0 cm³/mol. The molecule has 0 unspecified atom stereocenters. The fourth-order valence-electron chi connectivity index (χ4n) is 1.55. The predicted octanol–water partition coefficient (Wildman–Crippen LogP) is -0.132. The van der Waals surface area contributed by atoms with Gasteiger partial charge in [-0.2, -0.15) is 0 Å². The Morgan fingerprint density at radius 3 is 2.71 bits per heavy atom. The molecule has 114 valence electrons. The van der Waals surface area contributed by atoms with Gasteiger partial charge in [-0.15, -0.1) is 0 Å². The summed E-state index contributed by atoms with van der Waals surface area (Å²) in [6.07, 6.45) is 0. The summed E-state index contributed by atoms with van der Waals surface area (Å²) in [7, 11) is 1.53. The molecule has 9 nitrogen and oxygen atoms in total. The third-order valence-electron chi connectivity index (χ3n) is 2.50. The van der Waals surface area contributed by atoms with E-state index in [4.69, 9.17) is 10.5 Å². The summed E-state index contributed by atoms with van der Waals surface area (Å²) in [6, 6.07) is 4.00. The van der Waals surface area contributed by atoms with E-state index in [-0.39, 0.29) is 36.7 Å². The zero-order valence-electron chi connectivity index (χ0n) is 11.4. The minimum Gasteiger partial charge on any atom is -0.383 e. The van der Waals surface area contributed by atoms with Crippen molar-refractivity contribution in [1.82, 2.24) is 5.32 Å². The number of nitro benzene ring substituents is 1. The van der Waals surface area contributed by atoms with Gasteiger partial charge in [0, 0.05) is 25.2 Å². The highest BCUT2D eigenvalue weighted by Gasteiger charge is 2.15. The number of carbonyl (C=O) groups is 2. The molecule has 1 aromatic carbocycles. The second kappa shape index (κ2) is 7.80. The van der Waals surface area contributed by atoms with Crippen molar-refractivity contribution >= 4 is 23.2 Å². The Morgan fingerprint density at radius 2 is 2.14 bits per heavy atom. The maximum atomic E-state index is 11.8. The zero-order valence-corrected chi connectivity index (χ0v) is 11.4. The largest absolute Gasteiger partial charge is 0.383 e. The molecule has 0 bridgehead atoms. The van der Waals surface area contributed by atoms with Crippen molar-refractivity contribution in [3.8, 4) is 0 Å². The third-order valence-corrected chi connectivity index (χ3v) is 2.50.